The minimum Gasteiger partial charge on any atom is -0.506 e. The van der Waals surface area contributed by atoms with E-state index in [1.54, 1.807) is 29.6 Å². The van der Waals surface area contributed by atoms with E-state index in [-0.39, 0.29) is 5.75 Å². The monoisotopic (exact) mass is 267 g/mol. The van der Waals surface area contributed by atoms with Gasteiger partial charge in [-0.1, -0.05) is 43.4 Å². The Hall–Kier alpha value is -0.610. The van der Waals surface area contributed by atoms with Crippen molar-refractivity contribution >= 4 is 33.6 Å². The van der Waals surface area contributed by atoms with E-state index in [0.29, 0.717) is 11.6 Å². The van der Waals surface area contributed by atoms with E-state index >= 15 is 0 Å². The molecule has 1 fully saturated rings. The van der Waals surface area contributed by atoms with Gasteiger partial charge in [-0.15, -0.1) is 0 Å². The van der Waals surface area contributed by atoms with Gasteiger partial charge in [-0.3, -0.25) is 0 Å². The lowest BCUT2D eigenvalue weighted by Crippen LogP contribution is -1.90. The van der Waals surface area contributed by atoms with E-state index < -0.39 is 0 Å². The molecular formula is C13H17NOS2. The zero-order valence-electron chi connectivity index (χ0n) is 10.1. The second-order valence-electron chi connectivity index (χ2n) is 4.13. The highest BCUT2D eigenvalue weighted by atomic mass is 32.2. The molecule has 1 aromatic rings. The number of nitrogens with zero attached hydrogens (tertiary/aromatic N) is 1. The Labute approximate surface area is 111 Å². The first kappa shape index (κ1) is 12.8. The molecule has 0 aromatic heterocycles. The van der Waals surface area contributed by atoms with E-state index in [0.717, 1.165) is 22.3 Å². The summed E-state index contributed by atoms with van der Waals surface area (Å²) in [6, 6.07) is 5.75. The van der Waals surface area contributed by atoms with Crippen molar-refractivity contribution in [3.63, 3.8) is 0 Å². The maximum atomic E-state index is 9.82. The van der Waals surface area contributed by atoms with E-state index in [1.807, 2.05) is 12.1 Å². The Morgan fingerprint density at radius 3 is 2.71 bits per heavy atom. The Bertz CT molecular complexity index is 423. The summed E-state index contributed by atoms with van der Waals surface area (Å²) in [7, 11) is 0. The van der Waals surface area contributed by atoms with Gasteiger partial charge >= 0.3 is 0 Å². The van der Waals surface area contributed by atoms with E-state index in [2.05, 4.69) is 18.8 Å². The minimum atomic E-state index is 0.276. The lowest BCUT2D eigenvalue weighted by atomic mass is 9.98. The fraction of sp³-hybridized carbons (Fsp3) is 0.462. The van der Waals surface area contributed by atoms with Gasteiger partial charge in [0.2, 0.25) is 0 Å². The summed E-state index contributed by atoms with van der Waals surface area (Å²) in [5, 5.41) is 9.82. The summed E-state index contributed by atoms with van der Waals surface area (Å²) < 4.78 is 1.07. The highest BCUT2D eigenvalue weighted by Gasteiger charge is 2.12. The zero-order valence-corrected chi connectivity index (χ0v) is 11.8. The molecule has 1 aliphatic heterocycles. The number of aromatic hydroxyl groups is 1. The van der Waals surface area contributed by atoms with Crippen LogP contribution in [0.5, 0.6) is 5.75 Å². The minimum absolute atomic E-state index is 0.276. The number of phenols is 1. The quantitative estimate of drug-likeness (QED) is 0.882. The van der Waals surface area contributed by atoms with Crippen LogP contribution >= 0.6 is 23.5 Å². The second-order valence-corrected chi connectivity index (χ2v) is 6.56. The summed E-state index contributed by atoms with van der Waals surface area (Å²) in [5.74, 6) is 3.03. The average Bonchev–Trinajstić information content (AvgIpc) is 2.84. The predicted molar refractivity (Wildman–Crippen MR) is 78.8 cm³/mol. The third-order valence-corrected chi connectivity index (χ3v) is 5.39. The number of rotatable bonds is 3. The number of thioether (sulfide) groups is 2. The predicted octanol–water partition coefficient (Wildman–Crippen LogP) is 4.37. The summed E-state index contributed by atoms with van der Waals surface area (Å²) in [4.78, 5) is 4.53. The maximum Gasteiger partial charge on any atom is 0.141 e. The van der Waals surface area contributed by atoms with Gasteiger partial charge in [0.1, 0.15) is 15.8 Å². The van der Waals surface area contributed by atoms with Crippen LogP contribution in [0, 0.1) is 0 Å². The van der Waals surface area contributed by atoms with Crippen molar-refractivity contribution < 1.29 is 5.11 Å². The fourth-order valence-corrected chi connectivity index (χ4v) is 3.81. The first-order valence-corrected chi connectivity index (χ1v) is 7.85. The Morgan fingerprint density at radius 1 is 1.35 bits per heavy atom. The molecule has 0 aliphatic carbocycles. The lowest BCUT2D eigenvalue weighted by Gasteiger charge is -2.10. The van der Waals surface area contributed by atoms with Crippen molar-refractivity contribution in [2.75, 3.05) is 11.5 Å². The van der Waals surface area contributed by atoms with Gasteiger partial charge in [-0.2, -0.15) is 0 Å². The summed E-state index contributed by atoms with van der Waals surface area (Å²) in [5.41, 5.74) is 1.96. The van der Waals surface area contributed by atoms with Crippen molar-refractivity contribution in [3.05, 3.63) is 23.8 Å². The number of hydrogen-bond acceptors (Lipinski definition) is 4. The van der Waals surface area contributed by atoms with Crippen molar-refractivity contribution in [3.8, 4) is 5.75 Å². The molecule has 2 rings (SSSR count). The molecule has 1 unspecified atom stereocenters. The van der Waals surface area contributed by atoms with Crippen LogP contribution in [0.1, 0.15) is 31.7 Å². The molecule has 0 spiro atoms. The largest absolute Gasteiger partial charge is 0.506 e. The van der Waals surface area contributed by atoms with Crippen molar-refractivity contribution in [1.29, 1.82) is 0 Å². The molecule has 0 bridgehead atoms. The van der Waals surface area contributed by atoms with Gasteiger partial charge in [0.15, 0.2) is 0 Å². The Balaban J connectivity index is 2.29. The van der Waals surface area contributed by atoms with Gasteiger partial charge in [0, 0.05) is 11.5 Å². The van der Waals surface area contributed by atoms with Crippen LogP contribution in [0.3, 0.4) is 0 Å². The number of hydrogen-bond donors (Lipinski definition) is 1. The average molecular weight is 267 g/mol. The topological polar surface area (TPSA) is 32.6 Å². The van der Waals surface area contributed by atoms with Gasteiger partial charge in [0.05, 0.1) is 0 Å². The van der Waals surface area contributed by atoms with Crippen LogP contribution in [-0.2, 0) is 0 Å². The third-order valence-electron chi connectivity index (χ3n) is 2.93. The number of phenolic OH excluding ortho intramolecular Hbond substituents is 1. The van der Waals surface area contributed by atoms with Gasteiger partial charge in [-0.25, -0.2) is 4.99 Å². The van der Waals surface area contributed by atoms with Crippen LogP contribution < -0.4 is 0 Å². The normalized spacial score (nSPS) is 17.2. The summed E-state index contributed by atoms with van der Waals surface area (Å²) in [6.45, 7) is 4.37. The van der Waals surface area contributed by atoms with Gasteiger partial charge in [-0.05, 0) is 30.0 Å². The molecule has 1 aromatic carbocycles. The van der Waals surface area contributed by atoms with Crippen LogP contribution in [-0.4, -0.2) is 21.0 Å². The summed E-state index contributed by atoms with van der Waals surface area (Å²) in [6.07, 6.45) is 1.10. The molecule has 0 amide bonds. The van der Waals surface area contributed by atoms with E-state index in [9.17, 15) is 5.11 Å². The van der Waals surface area contributed by atoms with E-state index in [4.69, 9.17) is 0 Å². The van der Waals surface area contributed by atoms with Crippen molar-refractivity contribution in [2.45, 2.75) is 26.2 Å². The molecule has 1 saturated heterocycles. The lowest BCUT2D eigenvalue weighted by molar-refractivity contribution is 0.476. The molecule has 1 atom stereocenters. The molecule has 1 heterocycles. The molecule has 2 nitrogen and oxygen atoms in total. The highest BCUT2D eigenvalue weighted by molar-refractivity contribution is 8.41. The molecule has 1 N–H and O–H groups in total. The fourth-order valence-electron chi connectivity index (χ4n) is 1.63. The van der Waals surface area contributed by atoms with Crippen LogP contribution in [0.2, 0.25) is 0 Å². The van der Waals surface area contributed by atoms with Crippen LogP contribution in [0.25, 0.3) is 0 Å². The van der Waals surface area contributed by atoms with Crippen LogP contribution in [0.15, 0.2) is 23.2 Å². The Morgan fingerprint density at radius 2 is 2.06 bits per heavy atom. The maximum absolute atomic E-state index is 9.82. The standard InChI is InChI=1S/C13H17NOS2/c1-3-9(2)10-4-5-12(15)11(8-10)14-13-16-6-7-17-13/h4-5,8-9,15H,3,6-7H2,1-2H3. The van der Waals surface area contributed by atoms with Crippen molar-refractivity contribution in [2.24, 2.45) is 4.99 Å². The Kier molecular flexibility index (Phi) is 4.40. The van der Waals surface area contributed by atoms with Gasteiger partial charge in [0.25, 0.3) is 0 Å². The molecule has 1 aliphatic rings. The highest BCUT2D eigenvalue weighted by Crippen LogP contribution is 2.35. The molecule has 0 radical (unpaired) electrons. The van der Waals surface area contributed by atoms with E-state index in [1.165, 1.54) is 5.56 Å². The molecule has 0 saturated carbocycles. The number of aliphatic imine (C=N–C) groups is 1. The SMILES string of the molecule is CCC(C)c1ccc(O)c(N=C2SCCS2)c1. The molecular weight excluding hydrogens is 250 g/mol. The van der Waals surface area contributed by atoms with Gasteiger partial charge < -0.3 is 5.11 Å². The smallest absolute Gasteiger partial charge is 0.141 e. The zero-order chi connectivity index (χ0) is 12.3. The first-order valence-electron chi connectivity index (χ1n) is 5.88. The molecule has 4 heteroatoms. The third kappa shape index (κ3) is 3.19. The molecule has 17 heavy (non-hydrogen) atoms. The summed E-state index contributed by atoms with van der Waals surface area (Å²) >= 11 is 3.54. The van der Waals surface area contributed by atoms with Crippen molar-refractivity contribution in [1.82, 2.24) is 0 Å². The first-order chi connectivity index (χ1) is 8.20. The number of benzene rings is 1. The van der Waals surface area contributed by atoms with Crippen LogP contribution in [0.4, 0.5) is 5.69 Å². The second kappa shape index (κ2) is 5.83. The molecule has 92 valence electrons.